The summed E-state index contributed by atoms with van der Waals surface area (Å²) in [7, 11) is 0. The van der Waals surface area contributed by atoms with Crippen LogP contribution in [-0.2, 0) is 11.3 Å². The minimum Gasteiger partial charge on any atom is -0.481 e. The molecule has 1 aliphatic rings. The van der Waals surface area contributed by atoms with Crippen molar-refractivity contribution >= 4 is 27.6 Å². The zero-order chi connectivity index (χ0) is 14.0. The lowest BCUT2D eigenvalue weighted by Crippen LogP contribution is -2.23. The van der Waals surface area contributed by atoms with Gasteiger partial charge in [-0.3, -0.25) is 19.8 Å². The number of hydrogen-bond acceptors (Lipinski definition) is 4. The summed E-state index contributed by atoms with van der Waals surface area (Å²) in [6.07, 6.45) is 0.597. The zero-order valence-corrected chi connectivity index (χ0v) is 11.7. The molecule has 0 radical (unpaired) electrons. The molecule has 0 aromatic heterocycles. The van der Waals surface area contributed by atoms with Gasteiger partial charge in [-0.2, -0.15) is 0 Å². The number of carboxylic acids is 1. The Morgan fingerprint density at radius 3 is 2.89 bits per heavy atom. The monoisotopic (exact) mass is 328 g/mol. The topological polar surface area (TPSA) is 83.7 Å². The van der Waals surface area contributed by atoms with Gasteiger partial charge in [-0.25, -0.2) is 0 Å². The van der Waals surface area contributed by atoms with Crippen LogP contribution in [0.3, 0.4) is 0 Å². The first-order valence-electron chi connectivity index (χ1n) is 5.85. The fourth-order valence-electron chi connectivity index (χ4n) is 2.26. The van der Waals surface area contributed by atoms with Crippen LogP contribution in [0.2, 0.25) is 0 Å². The summed E-state index contributed by atoms with van der Waals surface area (Å²) in [4.78, 5) is 23.4. The quantitative estimate of drug-likeness (QED) is 0.677. The molecule has 1 aromatic rings. The van der Waals surface area contributed by atoms with Gasteiger partial charge in [0, 0.05) is 29.2 Å². The summed E-state index contributed by atoms with van der Waals surface area (Å²) in [6.45, 7) is 1.51. The third-order valence-corrected chi connectivity index (χ3v) is 3.75. The van der Waals surface area contributed by atoms with Crippen molar-refractivity contribution in [1.82, 2.24) is 4.90 Å². The Morgan fingerprint density at radius 2 is 2.32 bits per heavy atom. The number of nitro groups is 1. The van der Waals surface area contributed by atoms with E-state index < -0.39 is 10.9 Å². The lowest BCUT2D eigenvalue weighted by Gasteiger charge is -2.15. The molecule has 1 saturated heterocycles. The molecule has 0 saturated carbocycles. The van der Waals surface area contributed by atoms with Gasteiger partial charge >= 0.3 is 5.97 Å². The average molecular weight is 329 g/mol. The second-order valence-electron chi connectivity index (χ2n) is 4.59. The Kier molecular flexibility index (Phi) is 4.16. The maximum atomic E-state index is 11.0. The van der Waals surface area contributed by atoms with E-state index in [1.54, 1.807) is 12.1 Å². The number of carbonyl (C=O) groups is 1. The zero-order valence-electron chi connectivity index (χ0n) is 10.1. The van der Waals surface area contributed by atoms with Crippen LogP contribution in [0.15, 0.2) is 22.7 Å². The van der Waals surface area contributed by atoms with Gasteiger partial charge in [0.2, 0.25) is 0 Å². The number of rotatable bonds is 4. The molecule has 0 bridgehead atoms. The lowest BCUT2D eigenvalue weighted by atomic mass is 10.1. The van der Waals surface area contributed by atoms with Crippen LogP contribution in [0.4, 0.5) is 5.69 Å². The highest BCUT2D eigenvalue weighted by Crippen LogP contribution is 2.27. The van der Waals surface area contributed by atoms with Crippen LogP contribution in [0.25, 0.3) is 0 Å². The maximum Gasteiger partial charge on any atom is 0.307 e. The van der Waals surface area contributed by atoms with E-state index in [1.807, 2.05) is 4.90 Å². The number of halogens is 1. The summed E-state index contributed by atoms with van der Waals surface area (Å²) in [5, 5.41) is 19.9. The highest BCUT2D eigenvalue weighted by molar-refractivity contribution is 9.10. The number of likely N-dealkylation sites (tertiary alicyclic amines) is 1. The largest absolute Gasteiger partial charge is 0.481 e. The molecule has 2 rings (SSSR count). The molecule has 1 heterocycles. The molecule has 19 heavy (non-hydrogen) atoms. The van der Waals surface area contributed by atoms with Gasteiger partial charge in [0.15, 0.2) is 0 Å². The van der Waals surface area contributed by atoms with Crippen molar-refractivity contribution in [2.45, 2.75) is 13.0 Å². The molecule has 6 nitrogen and oxygen atoms in total. The van der Waals surface area contributed by atoms with Crippen molar-refractivity contribution in [2.24, 2.45) is 5.92 Å². The van der Waals surface area contributed by atoms with Gasteiger partial charge in [0.05, 0.1) is 10.8 Å². The molecular weight excluding hydrogens is 316 g/mol. The molecule has 1 N–H and O–H groups in total. The first kappa shape index (κ1) is 14.0. The Balaban J connectivity index is 2.12. The summed E-state index contributed by atoms with van der Waals surface area (Å²) in [6, 6.07) is 4.93. The third kappa shape index (κ3) is 3.30. The minimum atomic E-state index is -0.798. The van der Waals surface area contributed by atoms with Crippen LogP contribution in [0, 0.1) is 16.0 Å². The summed E-state index contributed by atoms with van der Waals surface area (Å²) < 4.78 is 0.660. The second kappa shape index (κ2) is 5.66. The number of carboxylic acid groups (broad SMARTS) is 1. The van der Waals surface area contributed by atoms with Gasteiger partial charge in [0.25, 0.3) is 5.69 Å². The van der Waals surface area contributed by atoms with Crippen LogP contribution in [0.1, 0.15) is 12.0 Å². The average Bonchev–Trinajstić information content (AvgIpc) is 2.80. The molecule has 0 amide bonds. The fraction of sp³-hybridized carbons (Fsp3) is 0.417. The van der Waals surface area contributed by atoms with Crippen molar-refractivity contribution in [2.75, 3.05) is 13.1 Å². The smallest absolute Gasteiger partial charge is 0.307 e. The summed E-state index contributed by atoms with van der Waals surface area (Å²) >= 11 is 3.21. The molecule has 0 aliphatic carbocycles. The SMILES string of the molecule is O=C(O)C1CCN(Cc2ccc(Br)cc2[N+](=O)[O-])C1. The van der Waals surface area contributed by atoms with Crippen LogP contribution in [-0.4, -0.2) is 34.0 Å². The van der Waals surface area contributed by atoms with E-state index in [4.69, 9.17) is 5.11 Å². The molecule has 7 heteroatoms. The Morgan fingerprint density at radius 1 is 1.58 bits per heavy atom. The van der Waals surface area contributed by atoms with E-state index in [-0.39, 0.29) is 11.6 Å². The first-order chi connectivity index (χ1) is 8.97. The Bertz CT molecular complexity index is 520. The van der Waals surface area contributed by atoms with Crippen LogP contribution in [0.5, 0.6) is 0 Å². The van der Waals surface area contributed by atoms with Gasteiger partial charge in [0.1, 0.15) is 0 Å². The van der Waals surface area contributed by atoms with Gasteiger partial charge < -0.3 is 5.11 Å². The van der Waals surface area contributed by atoms with E-state index >= 15 is 0 Å². The van der Waals surface area contributed by atoms with Crippen LogP contribution < -0.4 is 0 Å². The van der Waals surface area contributed by atoms with Crippen molar-refractivity contribution < 1.29 is 14.8 Å². The predicted octanol–water partition coefficient (Wildman–Crippen LogP) is 2.26. The molecule has 1 fully saturated rings. The summed E-state index contributed by atoms with van der Waals surface area (Å²) in [5.74, 6) is -1.16. The van der Waals surface area contributed by atoms with Crippen molar-refractivity contribution in [3.63, 3.8) is 0 Å². The molecular formula is C12H13BrN2O4. The van der Waals surface area contributed by atoms with Gasteiger partial charge in [-0.1, -0.05) is 15.9 Å². The molecule has 0 spiro atoms. The highest BCUT2D eigenvalue weighted by Gasteiger charge is 2.29. The van der Waals surface area contributed by atoms with Gasteiger partial charge in [-0.15, -0.1) is 0 Å². The number of hydrogen-bond donors (Lipinski definition) is 1. The Hall–Kier alpha value is -1.47. The van der Waals surface area contributed by atoms with Gasteiger partial charge in [-0.05, 0) is 25.1 Å². The van der Waals surface area contributed by atoms with E-state index in [0.29, 0.717) is 36.1 Å². The second-order valence-corrected chi connectivity index (χ2v) is 5.50. The number of aliphatic carboxylic acids is 1. The summed E-state index contributed by atoms with van der Waals surface area (Å²) in [5.41, 5.74) is 0.674. The molecule has 1 aliphatic heterocycles. The molecule has 1 unspecified atom stereocenters. The van der Waals surface area contributed by atoms with E-state index in [2.05, 4.69) is 15.9 Å². The third-order valence-electron chi connectivity index (χ3n) is 3.26. The lowest BCUT2D eigenvalue weighted by molar-refractivity contribution is -0.385. The number of benzene rings is 1. The predicted molar refractivity (Wildman–Crippen MR) is 71.8 cm³/mol. The maximum absolute atomic E-state index is 11.0. The highest BCUT2D eigenvalue weighted by atomic mass is 79.9. The molecule has 1 aromatic carbocycles. The van der Waals surface area contributed by atoms with E-state index in [1.165, 1.54) is 6.07 Å². The first-order valence-corrected chi connectivity index (χ1v) is 6.64. The standard InChI is InChI=1S/C12H13BrN2O4/c13-10-2-1-8(11(5-10)15(18)19)6-14-4-3-9(7-14)12(16)17/h1-2,5,9H,3-4,6-7H2,(H,16,17). The van der Waals surface area contributed by atoms with E-state index in [9.17, 15) is 14.9 Å². The Labute approximate surface area is 118 Å². The van der Waals surface area contributed by atoms with Crippen molar-refractivity contribution in [1.29, 1.82) is 0 Å². The normalized spacial score (nSPS) is 19.5. The van der Waals surface area contributed by atoms with Crippen LogP contribution >= 0.6 is 15.9 Å². The van der Waals surface area contributed by atoms with E-state index in [0.717, 1.165) is 0 Å². The molecule has 1 atom stereocenters. The minimum absolute atomic E-state index is 0.0631. The van der Waals surface area contributed by atoms with Crippen molar-refractivity contribution in [3.05, 3.63) is 38.3 Å². The van der Waals surface area contributed by atoms with Crippen molar-refractivity contribution in [3.8, 4) is 0 Å². The number of nitro benzene ring substituents is 1. The number of nitrogens with zero attached hydrogens (tertiary/aromatic N) is 2. The fourth-order valence-corrected chi connectivity index (χ4v) is 2.61. The molecule has 102 valence electrons.